The molecule has 3 N–H and O–H groups in total. The van der Waals surface area contributed by atoms with Crippen molar-refractivity contribution in [2.24, 2.45) is 12.8 Å². The Labute approximate surface area is 122 Å². The standard InChI is InChI=1S/C12H15ClN4O2S/c1-17-5-4-15-12(17)8-16-20(18,19)10-2-3-11(13)9(6-10)7-14/h2-6,16H,7-8,14H2,1H3. The zero-order valence-electron chi connectivity index (χ0n) is 10.9. The molecule has 0 aliphatic heterocycles. The number of nitrogens with zero attached hydrogens (tertiary/aromatic N) is 2. The summed E-state index contributed by atoms with van der Waals surface area (Å²) in [7, 11) is -1.82. The average Bonchev–Trinajstić information content (AvgIpc) is 2.82. The fraction of sp³-hybridized carbons (Fsp3) is 0.250. The lowest BCUT2D eigenvalue weighted by Crippen LogP contribution is -2.25. The molecule has 20 heavy (non-hydrogen) atoms. The molecule has 1 heterocycles. The highest BCUT2D eigenvalue weighted by molar-refractivity contribution is 7.89. The minimum Gasteiger partial charge on any atom is -0.337 e. The highest BCUT2D eigenvalue weighted by atomic mass is 35.5. The number of benzene rings is 1. The molecule has 2 aromatic rings. The summed E-state index contributed by atoms with van der Waals surface area (Å²) < 4.78 is 28.6. The Bertz CT molecular complexity index is 712. The van der Waals surface area contributed by atoms with Crippen molar-refractivity contribution in [3.05, 3.63) is 47.0 Å². The molecule has 0 spiro atoms. The van der Waals surface area contributed by atoms with Crippen molar-refractivity contribution in [2.45, 2.75) is 18.0 Å². The van der Waals surface area contributed by atoms with Crippen molar-refractivity contribution in [1.29, 1.82) is 0 Å². The predicted molar refractivity (Wildman–Crippen MR) is 76.6 cm³/mol. The molecule has 0 atom stereocenters. The summed E-state index contributed by atoms with van der Waals surface area (Å²) >= 11 is 5.92. The molecule has 0 aliphatic carbocycles. The fourth-order valence-corrected chi connectivity index (χ4v) is 2.91. The number of nitrogens with two attached hydrogens (primary N) is 1. The van der Waals surface area contributed by atoms with Gasteiger partial charge in [0, 0.05) is 31.0 Å². The summed E-state index contributed by atoms with van der Waals surface area (Å²) in [5, 5.41) is 0.454. The molecule has 0 amide bonds. The lowest BCUT2D eigenvalue weighted by Gasteiger charge is -2.09. The number of halogens is 1. The Morgan fingerprint density at radius 3 is 2.80 bits per heavy atom. The summed E-state index contributed by atoms with van der Waals surface area (Å²) in [5.41, 5.74) is 6.11. The van der Waals surface area contributed by atoms with Gasteiger partial charge < -0.3 is 10.3 Å². The quantitative estimate of drug-likeness (QED) is 0.862. The van der Waals surface area contributed by atoms with E-state index in [1.807, 2.05) is 0 Å². The van der Waals surface area contributed by atoms with Gasteiger partial charge in [0.15, 0.2) is 0 Å². The van der Waals surface area contributed by atoms with Gasteiger partial charge in [0.05, 0.1) is 11.4 Å². The van der Waals surface area contributed by atoms with E-state index in [0.29, 0.717) is 16.4 Å². The fourth-order valence-electron chi connectivity index (χ4n) is 1.68. The van der Waals surface area contributed by atoms with Gasteiger partial charge in [0.25, 0.3) is 0 Å². The minimum atomic E-state index is -3.62. The number of hydrogen-bond donors (Lipinski definition) is 2. The number of aryl methyl sites for hydroxylation is 1. The van der Waals surface area contributed by atoms with Crippen LogP contribution in [0.25, 0.3) is 0 Å². The van der Waals surface area contributed by atoms with Crippen LogP contribution in [-0.4, -0.2) is 18.0 Å². The van der Waals surface area contributed by atoms with E-state index in [0.717, 1.165) is 0 Å². The maximum absolute atomic E-state index is 12.2. The number of rotatable bonds is 5. The van der Waals surface area contributed by atoms with Crippen molar-refractivity contribution in [3.8, 4) is 0 Å². The van der Waals surface area contributed by atoms with Crippen molar-refractivity contribution in [2.75, 3.05) is 0 Å². The number of nitrogens with one attached hydrogen (secondary N) is 1. The molecule has 6 nitrogen and oxygen atoms in total. The van der Waals surface area contributed by atoms with Gasteiger partial charge in [-0.15, -0.1) is 0 Å². The third-order valence-electron chi connectivity index (χ3n) is 2.89. The normalized spacial score (nSPS) is 11.8. The van der Waals surface area contributed by atoms with Crippen LogP contribution in [0, 0.1) is 0 Å². The largest absolute Gasteiger partial charge is 0.337 e. The van der Waals surface area contributed by atoms with E-state index in [1.165, 1.54) is 18.2 Å². The minimum absolute atomic E-state index is 0.117. The molecule has 0 unspecified atom stereocenters. The Morgan fingerprint density at radius 2 is 2.20 bits per heavy atom. The average molecular weight is 315 g/mol. The van der Waals surface area contributed by atoms with E-state index in [1.54, 1.807) is 24.0 Å². The van der Waals surface area contributed by atoms with Crippen LogP contribution >= 0.6 is 11.6 Å². The molecule has 1 aromatic heterocycles. The summed E-state index contributed by atoms with van der Waals surface area (Å²) in [5.74, 6) is 0.626. The van der Waals surface area contributed by atoms with Gasteiger partial charge in [-0.3, -0.25) is 0 Å². The molecule has 1 aromatic carbocycles. The molecular weight excluding hydrogens is 300 g/mol. The summed E-state index contributed by atoms with van der Waals surface area (Å²) in [6.45, 7) is 0.300. The van der Waals surface area contributed by atoms with Crippen LogP contribution in [0.15, 0.2) is 35.5 Å². The number of hydrogen-bond acceptors (Lipinski definition) is 4. The van der Waals surface area contributed by atoms with Crippen molar-refractivity contribution >= 4 is 21.6 Å². The van der Waals surface area contributed by atoms with Crippen LogP contribution in [0.4, 0.5) is 0 Å². The molecule has 8 heteroatoms. The molecule has 0 fully saturated rings. The maximum atomic E-state index is 12.2. The van der Waals surface area contributed by atoms with Gasteiger partial charge >= 0.3 is 0 Å². The first-order valence-corrected chi connectivity index (χ1v) is 7.74. The van der Waals surface area contributed by atoms with E-state index >= 15 is 0 Å². The first-order chi connectivity index (χ1) is 9.44. The van der Waals surface area contributed by atoms with E-state index in [9.17, 15) is 8.42 Å². The van der Waals surface area contributed by atoms with Crippen molar-refractivity contribution in [1.82, 2.24) is 14.3 Å². The van der Waals surface area contributed by atoms with Gasteiger partial charge in [-0.05, 0) is 23.8 Å². The van der Waals surface area contributed by atoms with E-state index in [4.69, 9.17) is 17.3 Å². The monoisotopic (exact) mass is 314 g/mol. The Kier molecular flexibility index (Phi) is 4.44. The molecule has 0 bridgehead atoms. The topological polar surface area (TPSA) is 90.0 Å². The van der Waals surface area contributed by atoms with Crippen LogP contribution in [0.2, 0.25) is 5.02 Å². The van der Waals surface area contributed by atoms with Gasteiger partial charge in [-0.1, -0.05) is 11.6 Å². The highest BCUT2D eigenvalue weighted by Crippen LogP contribution is 2.20. The van der Waals surface area contributed by atoms with Crippen LogP contribution in [0.1, 0.15) is 11.4 Å². The summed E-state index contributed by atoms with van der Waals surface area (Å²) in [4.78, 5) is 4.19. The third kappa shape index (κ3) is 3.18. The Balaban J connectivity index is 2.20. The lowest BCUT2D eigenvalue weighted by atomic mass is 10.2. The van der Waals surface area contributed by atoms with Gasteiger partial charge in [0.1, 0.15) is 5.82 Å². The van der Waals surface area contributed by atoms with Crippen molar-refractivity contribution in [3.63, 3.8) is 0 Å². The number of sulfonamides is 1. The lowest BCUT2D eigenvalue weighted by molar-refractivity contribution is 0.577. The summed E-state index contributed by atoms with van der Waals surface area (Å²) in [6.07, 6.45) is 3.36. The van der Waals surface area contributed by atoms with Crippen LogP contribution in [0.5, 0.6) is 0 Å². The van der Waals surface area contributed by atoms with Gasteiger partial charge in [-0.2, -0.15) is 0 Å². The van der Waals surface area contributed by atoms with Crippen LogP contribution in [0.3, 0.4) is 0 Å². The number of imidazole rings is 1. The SMILES string of the molecule is Cn1ccnc1CNS(=O)(=O)c1ccc(Cl)c(CN)c1. The smallest absolute Gasteiger partial charge is 0.240 e. The van der Waals surface area contributed by atoms with Crippen molar-refractivity contribution < 1.29 is 8.42 Å². The van der Waals surface area contributed by atoms with Gasteiger partial charge in [-0.25, -0.2) is 18.1 Å². The summed E-state index contributed by atoms with van der Waals surface area (Å²) in [6, 6.07) is 4.45. The third-order valence-corrected chi connectivity index (χ3v) is 4.66. The maximum Gasteiger partial charge on any atom is 0.240 e. The van der Waals surface area contributed by atoms with Crippen LogP contribution < -0.4 is 10.5 Å². The second-order valence-corrected chi connectivity index (χ2v) is 6.41. The molecule has 2 rings (SSSR count). The molecular formula is C12H15ClN4O2S. The molecule has 108 valence electrons. The Morgan fingerprint density at radius 1 is 1.45 bits per heavy atom. The zero-order chi connectivity index (χ0) is 14.8. The number of aromatic nitrogens is 2. The second kappa shape index (κ2) is 5.92. The zero-order valence-corrected chi connectivity index (χ0v) is 12.4. The Hall–Kier alpha value is -1.41. The van der Waals surface area contributed by atoms with E-state index in [-0.39, 0.29) is 18.0 Å². The first-order valence-electron chi connectivity index (χ1n) is 5.88. The second-order valence-electron chi connectivity index (χ2n) is 4.24. The highest BCUT2D eigenvalue weighted by Gasteiger charge is 2.16. The van der Waals surface area contributed by atoms with Gasteiger partial charge in [0.2, 0.25) is 10.0 Å². The van der Waals surface area contributed by atoms with E-state index in [2.05, 4.69) is 9.71 Å². The molecule has 0 radical (unpaired) electrons. The van der Waals surface area contributed by atoms with E-state index < -0.39 is 10.0 Å². The molecule has 0 aliphatic rings. The predicted octanol–water partition coefficient (Wildman–Crippen LogP) is 1.01. The molecule has 0 saturated heterocycles. The molecule has 0 saturated carbocycles. The first kappa shape index (κ1) is 15.0. The van der Waals surface area contributed by atoms with Crippen LogP contribution in [-0.2, 0) is 30.2 Å².